The van der Waals surface area contributed by atoms with Gasteiger partial charge in [0.2, 0.25) is 0 Å². The van der Waals surface area contributed by atoms with Crippen LogP contribution >= 0.6 is 7.29 Å². The van der Waals surface area contributed by atoms with E-state index in [1.165, 1.54) is 11.1 Å². The summed E-state index contributed by atoms with van der Waals surface area (Å²) in [5.74, 6) is 0. The average molecular weight is 384 g/mol. The molecule has 0 amide bonds. The molecule has 146 valence electrons. The third-order valence-electron chi connectivity index (χ3n) is 5.93. The van der Waals surface area contributed by atoms with Gasteiger partial charge in [0.1, 0.15) is 0 Å². The van der Waals surface area contributed by atoms with Crippen LogP contribution in [0.25, 0.3) is 0 Å². The number of nitrogens with zero attached hydrogens (tertiary/aromatic N) is 1. The van der Waals surface area contributed by atoms with Crippen LogP contribution in [0.5, 0.6) is 0 Å². The number of rotatable bonds is 7. The van der Waals surface area contributed by atoms with Gasteiger partial charge in [-0.3, -0.25) is 0 Å². The number of hydrogen-bond acceptors (Lipinski definition) is 1. The topological polar surface area (TPSA) is 20.3 Å². The van der Waals surface area contributed by atoms with Gasteiger partial charge in [-0.2, -0.15) is 0 Å². The van der Waals surface area contributed by atoms with E-state index in [0.717, 1.165) is 25.7 Å². The Bertz CT molecular complexity index is 695. The number of hydrogen-bond donors (Lipinski definition) is 0. The van der Waals surface area contributed by atoms with Crippen LogP contribution in [0, 0.1) is 0 Å². The molecule has 3 atom stereocenters. The molecule has 1 aliphatic rings. The van der Waals surface area contributed by atoms with E-state index < -0.39 is 7.29 Å². The molecule has 1 heterocycles. The van der Waals surface area contributed by atoms with Crippen LogP contribution in [-0.4, -0.2) is 28.1 Å². The Morgan fingerprint density at radius 1 is 0.778 bits per heavy atom. The Hall–Kier alpha value is -1.37. The largest absolute Gasteiger partial charge is 0.306 e. The zero-order valence-electron chi connectivity index (χ0n) is 17.2. The lowest BCUT2D eigenvalue weighted by atomic mass is 10.0. The average Bonchev–Trinajstić information content (AvgIpc) is 2.92. The Balaban J connectivity index is 1.94. The first-order valence-corrected chi connectivity index (χ1v) is 12.2. The Labute approximate surface area is 165 Å². The van der Waals surface area contributed by atoms with Crippen LogP contribution in [0.15, 0.2) is 60.7 Å². The second-order valence-corrected chi connectivity index (χ2v) is 11.8. The smallest absolute Gasteiger partial charge is 0.157 e. The van der Waals surface area contributed by atoms with Crippen LogP contribution in [0.1, 0.15) is 51.7 Å². The predicted octanol–water partition coefficient (Wildman–Crippen LogP) is 6.40. The highest BCUT2D eigenvalue weighted by molar-refractivity contribution is 7.63. The Morgan fingerprint density at radius 2 is 1.15 bits per heavy atom. The second-order valence-electron chi connectivity index (χ2n) is 8.50. The fourth-order valence-corrected chi connectivity index (χ4v) is 9.76. The highest BCUT2D eigenvalue weighted by Gasteiger charge is 2.51. The molecular weight excluding hydrogens is 349 g/mol. The van der Waals surface area contributed by atoms with Crippen molar-refractivity contribution in [2.45, 2.75) is 76.8 Å². The third kappa shape index (κ3) is 4.39. The first kappa shape index (κ1) is 20.4. The predicted molar refractivity (Wildman–Crippen MR) is 117 cm³/mol. The standard InChI is InChI=1S/C24H34NOP/c1-19(2)25(20(3)4)27(26)23(17-21-11-7-5-8-12-21)15-16-24(27)18-22-13-9-6-10-14-22/h5-14,19-20,23-24H,15-18H2,1-4H3/t23-,24+,27?. The van der Waals surface area contributed by atoms with Crippen molar-refractivity contribution < 1.29 is 4.57 Å². The van der Waals surface area contributed by atoms with Crippen LogP contribution in [0.3, 0.4) is 0 Å². The van der Waals surface area contributed by atoms with Gasteiger partial charge in [0.15, 0.2) is 7.29 Å². The van der Waals surface area contributed by atoms with Gasteiger partial charge in [0.05, 0.1) is 0 Å². The van der Waals surface area contributed by atoms with Gasteiger partial charge in [-0.15, -0.1) is 0 Å². The molecule has 0 saturated carbocycles. The van der Waals surface area contributed by atoms with Crippen molar-refractivity contribution in [3.63, 3.8) is 0 Å². The lowest BCUT2D eigenvalue weighted by molar-refractivity contribution is 0.293. The van der Waals surface area contributed by atoms with E-state index in [1.54, 1.807) is 0 Å². The van der Waals surface area contributed by atoms with E-state index in [-0.39, 0.29) is 11.3 Å². The molecule has 1 aliphatic heterocycles. The lowest BCUT2D eigenvalue weighted by Crippen LogP contribution is -2.39. The lowest BCUT2D eigenvalue weighted by Gasteiger charge is -2.42. The molecule has 1 fully saturated rings. The van der Waals surface area contributed by atoms with E-state index in [0.29, 0.717) is 12.1 Å². The van der Waals surface area contributed by atoms with Crippen LogP contribution in [-0.2, 0) is 17.4 Å². The molecule has 3 rings (SSSR count). The van der Waals surface area contributed by atoms with Gasteiger partial charge in [0.25, 0.3) is 0 Å². The van der Waals surface area contributed by atoms with Crippen LogP contribution in [0.4, 0.5) is 0 Å². The van der Waals surface area contributed by atoms with Crippen LogP contribution in [0.2, 0.25) is 0 Å². The minimum absolute atomic E-state index is 0.262. The highest BCUT2D eigenvalue weighted by Crippen LogP contribution is 2.68. The number of benzene rings is 2. The summed E-state index contributed by atoms with van der Waals surface area (Å²) in [6, 6.07) is 21.8. The quantitative estimate of drug-likeness (QED) is 0.516. The molecule has 0 aliphatic carbocycles. The van der Waals surface area contributed by atoms with Crippen molar-refractivity contribution in [2.24, 2.45) is 0 Å². The molecule has 0 radical (unpaired) electrons. The molecule has 27 heavy (non-hydrogen) atoms. The van der Waals surface area contributed by atoms with Crippen molar-refractivity contribution in [1.29, 1.82) is 0 Å². The molecule has 2 aromatic carbocycles. The van der Waals surface area contributed by atoms with Crippen molar-refractivity contribution >= 4 is 7.29 Å². The first-order chi connectivity index (χ1) is 12.9. The molecule has 3 heteroatoms. The maximum atomic E-state index is 14.8. The maximum absolute atomic E-state index is 14.8. The molecule has 0 N–H and O–H groups in total. The van der Waals surface area contributed by atoms with E-state index in [9.17, 15) is 4.57 Å². The SMILES string of the molecule is CC(C)N(C(C)C)P1(=O)[C@@H](Cc2ccccc2)CC[C@H]1Cc1ccccc1. The normalized spacial score (nSPS) is 25.6. The zero-order valence-corrected chi connectivity index (χ0v) is 18.1. The van der Waals surface area contributed by atoms with Crippen molar-refractivity contribution in [3.8, 4) is 0 Å². The van der Waals surface area contributed by atoms with Gasteiger partial charge < -0.3 is 4.57 Å². The van der Waals surface area contributed by atoms with Crippen molar-refractivity contribution in [1.82, 2.24) is 4.67 Å². The summed E-state index contributed by atoms with van der Waals surface area (Å²) in [5, 5.41) is 0. The van der Waals surface area contributed by atoms with Gasteiger partial charge in [-0.1, -0.05) is 60.7 Å². The van der Waals surface area contributed by atoms with Crippen molar-refractivity contribution in [3.05, 3.63) is 71.8 Å². The van der Waals surface area contributed by atoms with Crippen molar-refractivity contribution in [2.75, 3.05) is 0 Å². The van der Waals surface area contributed by atoms with Gasteiger partial charge in [-0.05, 0) is 64.5 Å². The maximum Gasteiger partial charge on any atom is 0.157 e. The Morgan fingerprint density at radius 3 is 1.48 bits per heavy atom. The van der Waals surface area contributed by atoms with E-state index in [4.69, 9.17) is 0 Å². The summed E-state index contributed by atoms with van der Waals surface area (Å²) in [6.45, 7) is 8.82. The minimum Gasteiger partial charge on any atom is -0.306 e. The monoisotopic (exact) mass is 383 g/mol. The molecule has 0 bridgehead atoms. The van der Waals surface area contributed by atoms with Gasteiger partial charge in [-0.25, -0.2) is 4.67 Å². The van der Waals surface area contributed by atoms with Crippen LogP contribution < -0.4 is 0 Å². The molecular formula is C24H34NOP. The summed E-state index contributed by atoms with van der Waals surface area (Å²) < 4.78 is 17.2. The van der Waals surface area contributed by atoms with E-state index in [1.807, 2.05) is 0 Å². The second kappa shape index (κ2) is 8.76. The van der Waals surface area contributed by atoms with Gasteiger partial charge >= 0.3 is 0 Å². The fourth-order valence-electron chi connectivity index (χ4n) is 4.99. The fraction of sp³-hybridized carbons (Fsp3) is 0.500. The zero-order chi connectivity index (χ0) is 19.4. The molecule has 2 aromatic rings. The van der Waals surface area contributed by atoms with E-state index in [2.05, 4.69) is 93.0 Å². The minimum atomic E-state index is -2.51. The third-order valence-corrected chi connectivity index (χ3v) is 10.5. The van der Waals surface area contributed by atoms with E-state index >= 15 is 0 Å². The molecule has 2 nitrogen and oxygen atoms in total. The first-order valence-electron chi connectivity index (χ1n) is 10.4. The molecule has 1 unspecified atom stereocenters. The summed E-state index contributed by atoms with van der Waals surface area (Å²) in [7, 11) is -2.51. The summed E-state index contributed by atoms with van der Waals surface area (Å²) in [5.41, 5.74) is 3.16. The summed E-state index contributed by atoms with van der Waals surface area (Å²) in [4.78, 5) is 0. The molecule has 1 saturated heterocycles. The Kier molecular flexibility index (Phi) is 6.61. The molecule has 0 spiro atoms. The summed E-state index contributed by atoms with van der Waals surface area (Å²) in [6.07, 6.45) is 4.00. The van der Waals surface area contributed by atoms with Gasteiger partial charge in [0, 0.05) is 23.4 Å². The summed E-state index contributed by atoms with van der Waals surface area (Å²) >= 11 is 0. The molecule has 0 aromatic heterocycles. The highest BCUT2D eigenvalue weighted by atomic mass is 31.2.